The minimum Gasteiger partial charge on any atom is -0.444 e. The van der Waals surface area contributed by atoms with Gasteiger partial charge in [-0.1, -0.05) is 12.1 Å². The van der Waals surface area contributed by atoms with Crippen LogP contribution in [0.25, 0.3) is 11.0 Å². The molecule has 4 rings (SSSR count). The maximum Gasteiger partial charge on any atom is 0.449 e. The maximum atomic E-state index is 13.4. The SMILES string of the molecule is O=C(c1ccc(Br)o1)N1CCC(Cn2c(C(F)(F)F)nc3ccccc32)CC1. The lowest BCUT2D eigenvalue weighted by atomic mass is 9.96. The number of imidazole rings is 1. The molecule has 1 amide bonds. The van der Waals surface area contributed by atoms with Crippen LogP contribution in [-0.2, 0) is 12.7 Å². The summed E-state index contributed by atoms with van der Waals surface area (Å²) >= 11 is 3.17. The van der Waals surface area contributed by atoms with Crippen molar-refractivity contribution in [1.82, 2.24) is 14.5 Å². The molecule has 1 aliphatic rings. The third-order valence-corrected chi connectivity index (χ3v) is 5.46. The maximum absolute atomic E-state index is 13.4. The first-order chi connectivity index (χ1) is 13.3. The van der Waals surface area contributed by atoms with Crippen molar-refractivity contribution in [3.05, 3.63) is 52.7 Å². The summed E-state index contributed by atoms with van der Waals surface area (Å²) in [4.78, 5) is 17.9. The van der Waals surface area contributed by atoms with Crippen LogP contribution >= 0.6 is 15.9 Å². The van der Waals surface area contributed by atoms with Gasteiger partial charge in [0.25, 0.3) is 5.91 Å². The number of carbonyl (C=O) groups excluding carboxylic acids is 1. The number of amides is 1. The number of hydrogen-bond donors (Lipinski definition) is 0. The molecular formula is C19H17BrF3N3O2. The van der Waals surface area contributed by atoms with Crippen LogP contribution in [0.2, 0.25) is 0 Å². The molecule has 0 unspecified atom stereocenters. The Morgan fingerprint density at radius 1 is 1.18 bits per heavy atom. The van der Waals surface area contributed by atoms with E-state index in [1.807, 2.05) is 0 Å². The van der Waals surface area contributed by atoms with Gasteiger partial charge in [-0.05, 0) is 59.0 Å². The van der Waals surface area contributed by atoms with E-state index in [0.717, 1.165) is 0 Å². The number of benzene rings is 1. The molecule has 1 fully saturated rings. The van der Waals surface area contributed by atoms with Crippen LogP contribution < -0.4 is 0 Å². The Hall–Kier alpha value is -2.29. The van der Waals surface area contributed by atoms with Crippen molar-refractivity contribution in [2.45, 2.75) is 25.6 Å². The van der Waals surface area contributed by atoms with Gasteiger partial charge >= 0.3 is 6.18 Å². The largest absolute Gasteiger partial charge is 0.449 e. The fraction of sp³-hybridized carbons (Fsp3) is 0.368. The normalized spacial score (nSPS) is 16.1. The molecular weight excluding hydrogens is 439 g/mol. The third kappa shape index (κ3) is 3.67. The van der Waals surface area contributed by atoms with E-state index in [0.29, 0.717) is 41.6 Å². The Morgan fingerprint density at radius 2 is 1.89 bits per heavy atom. The molecule has 0 N–H and O–H groups in total. The number of aromatic nitrogens is 2. The van der Waals surface area contributed by atoms with Gasteiger partial charge in [0, 0.05) is 19.6 Å². The van der Waals surface area contributed by atoms with Crippen LogP contribution in [0.4, 0.5) is 13.2 Å². The number of carbonyl (C=O) groups is 1. The minimum absolute atomic E-state index is 0.0334. The summed E-state index contributed by atoms with van der Waals surface area (Å²) in [5.41, 5.74) is 0.819. The van der Waals surface area contributed by atoms with E-state index in [4.69, 9.17) is 4.42 Å². The average molecular weight is 456 g/mol. The third-order valence-electron chi connectivity index (χ3n) is 5.03. The fourth-order valence-electron chi connectivity index (χ4n) is 3.64. The van der Waals surface area contributed by atoms with Crippen LogP contribution in [0.1, 0.15) is 29.2 Å². The molecule has 0 aliphatic carbocycles. The van der Waals surface area contributed by atoms with Gasteiger partial charge in [-0.3, -0.25) is 4.79 Å². The highest BCUT2D eigenvalue weighted by molar-refractivity contribution is 9.10. The second-order valence-corrected chi connectivity index (χ2v) is 7.65. The first kappa shape index (κ1) is 19.0. The quantitative estimate of drug-likeness (QED) is 0.560. The average Bonchev–Trinajstić information content (AvgIpc) is 3.26. The van der Waals surface area contributed by atoms with E-state index in [9.17, 15) is 18.0 Å². The Morgan fingerprint density at radius 3 is 2.54 bits per heavy atom. The molecule has 0 atom stereocenters. The number of furan rings is 1. The van der Waals surface area contributed by atoms with Gasteiger partial charge in [-0.25, -0.2) is 4.98 Å². The van der Waals surface area contributed by atoms with E-state index >= 15 is 0 Å². The molecule has 0 saturated carbocycles. The van der Waals surface area contributed by atoms with Gasteiger partial charge in [0.2, 0.25) is 5.82 Å². The fourth-order valence-corrected chi connectivity index (χ4v) is 3.95. The first-order valence-corrected chi connectivity index (χ1v) is 9.69. The summed E-state index contributed by atoms with van der Waals surface area (Å²) in [6, 6.07) is 9.89. The van der Waals surface area contributed by atoms with Gasteiger partial charge in [-0.15, -0.1) is 0 Å². The number of hydrogen-bond acceptors (Lipinski definition) is 3. The minimum atomic E-state index is -4.51. The van der Waals surface area contributed by atoms with Crippen molar-refractivity contribution in [3.8, 4) is 0 Å². The van der Waals surface area contributed by atoms with E-state index < -0.39 is 12.0 Å². The predicted octanol–water partition coefficient (Wildman–Crippen LogP) is 4.96. The highest BCUT2D eigenvalue weighted by Gasteiger charge is 2.38. The lowest BCUT2D eigenvalue weighted by Crippen LogP contribution is -2.39. The number of nitrogens with zero attached hydrogens (tertiary/aromatic N) is 3. The number of halogens is 4. The van der Waals surface area contributed by atoms with Crippen LogP contribution in [0.3, 0.4) is 0 Å². The molecule has 148 valence electrons. The molecule has 28 heavy (non-hydrogen) atoms. The zero-order valence-corrected chi connectivity index (χ0v) is 16.3. The van der Waals surface area contributed by atoms with Crippen LogP contribution in [0.15, 0.2) is 45.5 Å². The second kappa shape index (κ2) is 7.27. The Bertz CT molecular complexity index is 1000. The summed E-state index contributed by atoms with van der Waals surface area (Å²) in [6.45, 7) is 1.19. The lowest BCUT2D eigenvalue weighted by Gasteiger charge is -2.32. The van der Waals surface area contributed by atoms with E-state index in [-0.39, 0.29) is 24.1 Å². The van der Waals surface area contributed by atoms with Crippen molar-refractivity contribution >= 4 is 32.9 Å². The molecule has 1 saturated heterocycles. The van der Waals surface area contributed by atoms with Crippen molar-refractivity contribution < 1.29 is 22.4 Å². The number of para-hydroxylation sites is 2. The van der Waals surface area contributed by atoms with Crippen molar-refractivity contribution in [1.29, 1.82) is 0 Å². The Kier molecular flexibility index (Phi) is 4.95. The molecule has 1 aromatic carbocycles. The van der Waals surface area contributed by atoms with Crippen LogP contribution in [0, 0.1) is 5.92 Å². The monoisotopic (exact) mass is 455 g/mol. The molecule has 3 heterocycles. The number of fused-ring (bicyclic) bond motifs is 1. The van der Waals surface area contributed by atoms with Crippen LogP contribution in [-0.4, -0.2) is 33.4 Å². The summed E-state index contributed by atoms with van der Waals surface area (Å²) in [6.07, 6.45) is -3.27. The lowest BCUT2D eigenvalue weighted by molar-refractivity contribution is -0.147. The van der Waals surface area contributed by atoms with Gasteiger partial charge in [0.05, 0.1) is 11.0 Å². The second-order valence-electron chi connectivity index (χ2n) is 6.87. The van der Waals surface area contributed by atoms with Gasteiger partial charge in [-0.2, -0.15) is 13.2 Å². The molecule has 3 aromatic rings. The molecule has 5 nitrogen and oxygen atoms in total. The molecule has 1 aliphatic heterocycles. The van der Waals surface area contributed by atoms with Crippen LogP contribution in [0.5, 0.6) is 0 Å². The van der Waals surface area contributed by atoms with Gasteiger partial charge in [0.15, 0.2) is 10.4 Å². The van der Waals surface area contributed by atoms with Gasteiger partial charge < -0.3 is 13.9 Å². The number of likely N-dealkylation sites (tertiary alicyclic amines) is 1. The van der Waals surface area contributed by atoms with Crippen molar-refractivity contribution in [2.24, 2.45) is 5.92 Å². The van der Waals surface area contributed by atoms with E-state index in [1.165, 1.54) is 4.57 Å². The summed E-state index contributed by atoms with van der Waals surface area (Å²) in [5, 5.41) is 0. The number of piperidine rings is 1. The first-order valence-electron chi connectivity index (χ1n) is 8.90. The number of rotatable bonds is 3. The van der Waals surface area contributed by atoms with Crippen molar-refractivity contribution in [3.63, 3.8) is 0 Å². The molecule has 0 spiro atoms. The smallest absolute Gasteiger partial charge is 0.444 e. The van der Waals surface area contributed by atoms with Gasteiger partial charge in [0.1, 0.15) is 0 Å². The van der Waals surface area contributed by atoms with E-state index in [2.05, 4.69) is 20.9 Å². The standard InChI is InChI=1S/C19H17BrF3N3O2/c20-16-6-5-15(28-16)17(27)25-9-7-12(8-10-25)11-26-14-4-2-1-3-13(14)24-18(26)19(21,22)23/h1-6,12H,7-11H2. The highest BCUT2D eigenvalue weighted by atomic mass is 79.9. The zero-order valence-electron chi connectivity index (χ0n) is 14.7. The molecule has 9 heteroatoms. The summed E-state index contributed by atoms with van der Waals surface area (Å²) in [5.74, 6) is -0.780. The highest BCUT2D eigenvalue weighted by Crippen LogP contribution is 2.33. The van der Waals surface area contributed by atoms with E-state index in [1.54, 1.807) is 41.3 Å². The predicted molar refractivity (Wildman–Crippen MR) is 99.8 cm³/mol. The Labute approximate surface area is 167 Å². The molecule has 0 radical (unpaired) electrons. The molecule has 0 bridgehead atoms. The number of alkyl halides is 3. The Balaban J connectivity index is 1.49. The topological polar surface area (TPSA) is 51.3 Å². The summed E-state index contributed by atoms with van der Waals surface area (Å²) < 4.78 is 47.4. The van der Waals surface area contributed by atoms with Crippen molar-refractivity contribution in [2.75, 3.05) is 13.1 Å². The summed E-state index contributed by atoms with van der Waals surface area (Å²) in [7, 11) is 0. The zero-order chi connectivity index (χ0) is 19.9. The molecule has 2 aromatic heterocycles.